The van der Waals surface area contributed by atoms with E-state index in [2.05, 4.69) is 19.6 Å². The SMILES string of the molecule is C=CCCC1CC1CC1CC1C. The van der Waals surface area contributed by atoms with Gasteiger partial charge in [-0.25, -0.2) is 0 Å². The summed E-state index contributed by atoms with van der Waals surface area (Å²) in [5, 5.41) is 0. The largest absolute Gasteiger partial charge is 0.103 e. The topological polar surface area (TPSA) is 0 Å². The summed E-state index contributed by atoms with van der Waals surface area (Å²) in [6.07, 6.45) is 9.30. The van der Waals surface area contributed by atoms with Crippen LogP contribution in [0.2, 0.25) is 0 Å². The second kappa shape index (κ2) is 3.24. The molecule has 2 saturated carbocycles. The highest BCUT2D eigenvalue weighted by Gasteiger charge is 2.42. The highest BCUT2D eigenvalue weighted by atomic mass is 14.5. The minimum Gasteiger partial charge on any atom is -0.103 e. The van der Waals surface area contributed by atoms with Crippen LogP contribution in [-0.4, -0.2) is 0 Å². The molecule has 0 spiro atoms. The van der Waals surface area contributed by atoms with Gasteiger partial charge in [0, 0.05) is 0 Å². The normalized spacial score (nSPS) is 44.1. The second-order valence-electron chi connectivity index (χ2n) is 4.83. The first-order chi connectivity index (χ1) is 5.81. The molecule has 0 amide bonds. The summed E-state index contributed by atoms with van der Waals surface area (Å²) in [4.78, 5) is 0. The maximum Gasteiger partial charge on any atom is -0.0351 e. The van der Waals surface area contributed by atoms with Gasteiger partial charge in [0.2, 0.25) is 0 Å². The molecule has 0 N–H and O–H groups in total. The van der Waals surface area contributed by atoms with Gasteiger partial charge in [0.1, 0.15) is 0 Å². The first-order valence-electron chi connectivity index (χ1n) is 5.42. The van der Waals surface area contributed by atoms with Gasteiger partial charge in [-0.05, 0) is 55.8 Å². The smallest absolute Gasteiger partial charge is 0.0351 e. The van der Waals surface area contributed by atoms with Gasteiger partial charge in [0.05, 0.1) is 0 Å². The molecule has 0 radical (unpaired) electrons. The Balaban J connectivity index is 1.58. The van der Waals surface area contributed by atoms with E-state index < -0.39 is 0 Å². The van der Waals surface area contributed by atoms with Crippen LogP contribution < -0.4 is 0 Å². The summed E-state index contributed by atoms with van der Waals surface area (Å²) >= 11 is 0. The molecule has 0 aromatic carbocycles. The van der Waals surface area contributed by atoms with E-state index in [1.54, 1.807) is 6.42 Å². The molecular weight excluding hydrogens is 144 g/mol. The molecule has 2 aliphatic rings. The molecule has 0 heteroatoms. The van der Waals surface area contributed by atoms with Crippen molar-refractivity contribution in [1.29, 1.82) is 0 Å². The lowest BCUT2D eigenvalue weighted by molar-refractivity contribution is 0.556. The fourth-order valence-corrected chi connectivity index (χ4v) is 2.40. The summed E-state index contributed by atoms with van der Waals surface area (Å²) in [5.74, 6) is 4.37. The summed E-state index contributed by atoms with van der Waals surface area (Å²) in [7, 11) is 0. The van der Waals surface area contributed by atoms with Crippen molar-refractivity contribution < 1.29 is 0 Å². The molecule has 4 atom stereocenters. The van der Waals surface area contributed by atoms with E-state index in [9.17, 15) is 0 Å². The first-order valence-corrected chi connectivity index (χ1v) is 5.42. The van der Waals surface area contributed by atoms with Crippen molar-refractivity contribution in [2.24, 2.45) is 23.7 Å². The monoisotopic (exact) mass is 164 g/mol. The maximum absolute atomic E-state index is 3.77. The average Bonchev–Trinajstić information content (AvgIpc) is 2.91. The Morgan fingerprint density at radius 3 is 2.58 bits per heavy atom. The maximum atomic E-state index is 3.77. The average molecular weight is 164 g/mol. The zero-order valence-corrected chi connectivity index (χ0v) is 8.13. The molecule has 0 saturated heterocycles. The highest BCUT2D eigenvalue weighted by Crippen LogP contribution is 2.52. The van der Waals surface area contributed by atoms with Gasteiger partial charge in [0.15, 0.2) is 0 Å². The predicted molar refractivity (Wildman–Crippen MR) is 52.9 cm³/mol. The van der Waals surface area contributed by atoms with Crippen LogP contribution in [0, 0.1) is 23.7 Å². The van der Waals surface area contributed by atoms with Crippen LogP contribution in [0.15, 0.2) is 12.7 Å². The Morgan fingerprint density at radius 1 is 1.25 bits per heavy atom. The molecule has 0 aromatic heterocycles. The van der Waals surface area contributed by atoms with Gasteiger partial charge >= 0.3 is 0 Å². The van der Waals surface area contributed by atoms with E-state index >= 15 is 0 Å². The highest BCUT2D eigenvalue weighted by molar-refractivity contribution is 4.94. The lowest BCUT2D eigenvalue weighted by atomic mass is 10.1. The van der Waals surface area contributed by atoms with Gasteiger partial charge < -0.3 is 0 Å². The van der Waals surface area contributed by atoms with Crippen molar-refractivity contribution in [2.45, 2.75) is 39.0 Å². The van der Waals surface area contributed by atoms with Crippen LogP contribution in [-0.2, 0) is 0 Å². The lowest BCUT2D eigenvalue weighted by Gasteiger charge is -1.96. The van der Waals surface area contributed by atoms with Gasteiger partial charge in [-0.1, -0.05) is 13.0 Å². The minimum atomic E-state index is 1.06. The Kier molecular flexibility index (Phi) is 2.25. The molecule has 4 unspecified atom stereocenters. The van der Waals surface area contributed by atoms with Crippen LogP contribution in [0.3, 0.4) is 0 Å². The number of allylic oxidation sites excluding steroid dienone is 1. The van der Waals surface area contributed by atoms with Crippen molar-refractivity contribution in [2.75, 3.05) is 0 Å². The molecule has 2 fully saturated rings. The second-order valence-corrected chi connectivity index (χ2v) is 4.83. The van der Waals surface area contributed by atoms with Crippen molar-refractivity contribution in [3.63, 3.8) is 0 Å². The Bertz CT molecular complexity index is 171. The van der Waals surface area contributed by atoms with Crippen molar-refractivity contribution in [3.05, 3.63) is 12.7 Å². The molecule has 0 nitrogen and oxygen atoms in total. The fourth-order valence-electron chi connectivity index (χ4n) is 2.40. The number of hydrogen-bond acceptors (Lipinski definition) is 0. The van der Waals surface area contributed by atoms with Crippen molar-refractivity contribution in [1.82, 2.24) is 0 Å². The van der Waals surface area contributed by atoms with Crippen LogP contribution in [0.5, 0.6) is 0 Å². The van der Waals surface area contributed by atoms with E-state index in [0.29, 0.717) is 0 Å². The van der Waals surface area contributed by atoms with Gasteiger partial charge in [-0.3, -0.25) is 0 Å². The molecular formula is C12H20. The molecule has 68 valence electrons. The van der Waals surface area contributed by atoms with Gasteiger partial charge in [0.25, 0.3) is 0 Å². The van der Waals surface area contributed by atoms with Crippen molar-refractivity contribution in [3.8, 4) is 0 Å². The zero-order valence-electron chi connectivity index (χ0n) is 8.13. The first kappa shape index (κ1) is 8.34. The molecule has 0 aliphatic heterocycles. The van der Waals surface area contributed by atoms with Gasteiger partial charge in [-0.15, -0.1) is 6.58 Å². The third-order valence-electron chi connectivity index (χ3n) is 3.69. The van der Waals surface area contributed by atoms with E-state index in [-0.39, 0.29) is 0 Å². The number of hydrogen-bond donors (Lipinski definition) is 0. The fraction of sp³-hybridized carbons (Fsp3) is 0.833. The van der Waals surface area contributed by atoms with Crippen LogP contribution >= 0.6 is 0 Å². The third kappa shape index (κ3) is 1.91. The lowest BCUT2D eigenvalue weighted by Crippen LogP contribution is -1.86. The minimum absolute atomic E-state index is 1.06. The summed E-state index contributed by atoms with van der Waals surface area (Å²) in [5.41, 5.74) is 0. The molecule has 0 bridgehead atoms. The molecule has 2 rings (SSSR count). The molecule has 0 aromatic rings. The predicted octanol–water partition coefficient (Wildman–Crippen LogP) is 3.63. The quantitative estimate of drug-likeness (QED) is 0.544. The van der Waals surface area contributed by atoms with Crippen molar-refractivity contribution >= 4 is 0 Å². The van der Waals surface area contributed by atoms with E-state index in [4.69, 9.17) is 0 Å². The van der Waals surface area contributed by atoms with Gasteiger partial charge in [-0.2, -0.15) is 0 Å². The Morgan fingerprint density at radius 2 is 2.00 bits per heavy atom. The summed E-state index contributed by atoms with van der Waals surface area (Å²) < 4.78 is 0. The Hall–Kier alpha value is -0.260. The third-order valence-corrected chi connectivity index (χ3v) is 3.69. The summed E-state index contributed by atoms with van der Waals surface area (Å²) in [6.45, 7) is 6.17. The standard InChI is InChI=1S/C12H20/c1-3-4-5-10-7-12(10)8-11-6-9(11)2/h3,9-12H,1,4-8H2,2H3. The van der Waals surface area contributed by atoms with Crippen LogP contribution in [0.4, 0.5) is 0 Å². The van der Waals surface area contributed by atoms with E-state index in [0.717, 1.165) is 23.7 Å². The zero-order chi connectivity index (χ0) is 8.55. The molecule has 0 heterocycles. The molecule has 12 heavy (non-hydrogen) atoms. The van der Waals surface area contributed by atoms with E-state index in [1.165, 1.54) is 25.7 Å². The molecule has 2 aliphatic carbocycles. The summed E-state index contributed by atoms with van der Waals surface area (Å²) in [6, 6.07) is 0. The van der Waals surface area contributed by atoms with Crippen LogP contribution in [0.1, 0.15) is 39.0 Å². The number of rotatable bonds is 5. The van der Waals surface area contributed by atoms with Crippen LogP contribution in [0.25, 0.3) is 0 Å². The van der Waals surface area contributed by atoms with E-state index in [1.807, 2.05) is 0 Å². The Labute approximate surface area is 76.1 Å².